The first-order chi connectivity index (χ1) is 22.6. The normalized spacial score (nSPS) is 17.7. The number of hydrogen-bond acceptors (Lipinski definition) is 11. The number of phenols is 1. The fourth-order valence-electron chi connectivity index (χ4n) is 4.88. The number of hydrogen-bond donors (Lipinski definition) is 4. The van der Waals surface area contributed by atoms with Crippen LogP contribution in [0, 0.1) is 5.92 Å². The molecule has 0 saturated carbocycles. The second-order valence-corrected chi connectivity index (χ2v) is 12.8. The average Bonchev–Trinajstić information content (AvgIpc) is 3.02. The summed E-state index contributed by atoms with van der Waals surface area (Å²) < 4.78 is 48.6. The van der Waals surface area contributed by atoms with Crippen LogP contribution in [0.4, 0.5) is 29.9 Å². The Morgan fingerprint density at radius 2 is 1.73 bits per heavy atom. The molecule has 16 heteroatoms. The minimum absolute atomic E-state index is 0.00723. The number of amides is 2. The number of carbonyl (C=O) groups is 2. The summed E-state index contributed by atoms with van der Waals surface area (Å²) in [6.45, 7) is 10.1. The number of ether oxygens (including phenoxy) is 2. The molecule has 0 spiro atoms. The predicted molar refractivity (Wildman–Crippen MR) is 172 cm³/mol. The number of alkyl halides is 3. The first-order valence-corrected chi connectivity index (χ1v) is 15.7. The zero-order chi connectivity index (χ0) is 34.9. The van der Waals surface area contributed by atoms with Crippen LogP contribution in [0.25, 0.3) is 0 Å². The van der Waals surface area contributed by atoms with Gasteiger partial charge in [-0.15, -0.1) is 0 Å². The van der Waals surface area contributed by atoms with Crippen molar-refractivity contribution in [3.05, 3.63) is 53.6 Å². The summed E-state index contributed by atoms with van der Waals surface area (Å²) in [5.41, 5.74) is 0.738. The van der Waals surface area contributed by atoms with Gasteiger partial charge in [0, 0.05) is 51.4 Å². The fraction of sp³-hybridized carbons (Fsp3) is 0.531. The van der Waals surface area contributed by atoms with E-state index >= 15 is 0 Å². The second kappa shape index (κ2) is 16.0. The highest BCUT2D eigenvalue weighted by atomic mass is 19.4. The Balaban J connectivity index is 1.24. The Morgan fingerprint density at radius 1 is 1.04 bits per heavy atom. The van der Waals surface area contributed by atoms with Crippen molar-refractivity contribution in [1.29, 1.82) is 0 Å². The standard InChI is InChI=1S/C32H43F3N8O5/c1-21(19-42-13-15-43(16-14-42)30(46)48-31(2,3)4)17-36-26(45)23-7-9-24(10-8-23)38-28-39-27(37-18-22-5-11-25(44)12-6-22)40-29(41-28)47-20-32(33,34)35/h5-9,11-12,21,24,44H,10,13-20H2,1-4H3,(H,36,45)(H2,37,38,39,40,41). The van der Waals surface area contributed by atoms with Crippen LogP contribution >= 0.6 is 0 Å². The molecule has 1 fully saturated rings. The van der Waals surface area contributed by atoms with Gasteiger partial charge in [-0.25, -0.2) is 4.79 Å². The van der Waals surface area contributed by atoms with Crippen molar-refractivity contribution in [2.75, 3.05) is 56.5 Å². The fourth-order valence-corrected chi connectivity index (χ4v) is 4.88. The van der Waals surface area contributed by atoms with Gasteiger partial charge in [0.1, 0.15) is 11.4 Å². The van der Waals surface area contributed by atoms with Crippen molar-refractivity contribution in [3.63, 3.8) is 0 Å². The van der Waals surface area contributed by atoms with Gasteiger partial charge >= 0.3 is 18.3 Å². The minimum atomic E-state index is -4.58. The lowest BCUT2D eigenvalue weighted by molar-refractivity contribution is -0.154. The maximum Gasteiger partial charge on any atom is 0.422 e. The van der Waals surface area contributed by atoms with Crippen molar-refractivity contribution in [3.8, 4) is 11.8 Å². The van der Waals surface area contributed by atoms with E-state index in [0.29, 0.717) is 31.6 Å². The topological polar surface area (TPSA) is 154 Å². The van der Waals surface area contributed by atoms with Gasteiger partial charge in [-0.3, -0.25) is 9.69 Å². The van der Waals surface area contributed by atoms with Crippen LogP contribution in [0.2, 0.25) is 0 Å². The molecule has 2 aromatic rings. The zero-order valence-electron chi connectivity index (χ0n) is 27.5. The molecule has 13 nitrogen and oxygen atoms in total. The van der Waals surface area contributed by atoms with Crippen LogP contribution < -0.4 is 20.7 Å². The van der Waals surface area contributed by atoms with Crippen molar-refractivity contribution in [2.24, 2.45) is 5.92 Å². The van der Waals surface area contributed by atoms with Crippen molar-refractivity contribution in [1.82, 2.24) is 30.1 Å². The molecule has 2 unspecified atom stereocenters. The highest BCUT2D eigenvalue weighted by Gasteiger charge is 2.30. The van der Waals surface area contributed by atoms with Crippen LogP contribution in [0.15, 0.2) is 48.1 Å². The van der Waals surface area contributed by atoms with E-state index in [1.807, 2.05) is 20.8 Å². The van der Waals surface area contributed by atoms with Gasteiger partial charge in [0.2, 0.25) is 11.9 Å². The van der Waals surface area contributed by atoms with Crippen LogP contribution in [0.3, 0.4) is 0 Å². The summed E-state index contributed by atoms with van der Waals surface area (Å²) in [5, 5.41) is 18.4. The Hall–Kier alpha value is -4.60. The third-order valence-corrected chi connectivity index (χ3v) is 7.25. The second-order valence-electron chi connectivity index (χ2n) is 12.8. The van der Waals surface area contributed by atoms with Crippen LogP contribution in [0.5, 0.6) is 11.8 Å². The van der Waals surface area contributed by atoms with Gasteiger partial charge in [-0.1, -0.05) is 37.3 Å². The van der Waals surface area contributed by atoms with Crippen molar-refractivity contribution in [2.45, 2.75) is 58.5 Å². The Morgan fingerprint density at radius 3 is 2.35 bits per heavy atom. The summed E-state index contributed by atoms with van der Waals surface area (Å²) in [4.78, 5) is 41.3. The minimum Gasteiger partial charge on any atom is -0.508 e. The van der Waals surface area contributed by atoms with Gasteiger partial charge in [-0.2, -0.15) is 28.1 Å². The molecule has 2 aliphatic rings. The monoisotopic (exact) mass is 676 g/mol. The molecule has 1 aliphatic heterocycles. The van der Waals surface area contributed by atoms with Crippen molar-refractivity contribution >= 4 is 23.9 Å². The van der Waals surface area contributed by atoms with Gasteiger partial charge in [-0.05, 0) is 50.8 Å². The highest BCUT2D eigenvalue weighted by Crippen LogP contribution is 2.21. The summed E-state index contributed by atoms with van der Waals surface area (Å²) in [7, 11) is 0. The number of phenolic OH excluding ortho intramolecular Hbond substituents is 1. The number of rotatable bonds is 12. The average molecular weight is 677 g/mol. The SMILES string of the molecule is CC(CNC(=O)C1=CCC(Nc2nc(NCc3ccc(O)cc3)nc(OCC(F)(F)F)n2)C=C1)CN1CCN(C(=O)OC(C)(C)C)CC1. The van der Waals surface area contributed by atoms with Gasteiger partial charge in [0.15, 0.2) is 6.61 Å². The molecule has 4 N–H and O–H groups in total. The van der Waals surface area contributed by atoms with Crippen molar-refractivity contribution < 1.29 is 37.3 Å². The highest BCUT2D eigenvalue weighted by molar-refractivity contribution is 5.96. The molecule has 48 heavy (non-hydrogen) atoms. The molecule has 1 aromatic carbocycles. The number of aromatic hydroxyl groups is 1. The Bertz CT molecular complexity index is 1460. The van der Waals surface area contributed by atoms with E-state index in [2.05, 4.69) is 42.7 Å². The predicted octanol–water partition coefficient (Wildman–Crippen LogP) is 4.10. The molecular weight excluding hydrogens is 633 g/mol. The third-order valence-electron chi connectivity index (χ3n) is 7.25. The summed E-state index contributed by atoms with van der Waals surface area (Å²) >= 11 is 0. The van der Waals surface area contributed by atoms with E-state index in [9.17, 15) is 27.9 Å². The number of aromatic nitrogens is 3. The van der Waals surface area contributed by atoms with Crippen LogP contribution in [0.1, 0.15) is 39.7 Å². The first-order valence-electron chi connectivity index (χ1n) is 15.7. The number of benzene rings is 1. The van der Waals surface area contributed by atoms with E-state index < -0.39 is 24.4 Å². The quantitative estimate of drug-likeness (QED) is 0.257. The molecule has 2 heterocycles. The van der Waals surface area contributed by atoms with E-state index in [-0.39, 0.29) is 48.2 Å². The maximum absolute atomic E-state index is 12.9. The summed E-state index contributed by atoms with van der Waals surface area (Å²) in [6, 6.07) is 5.51. The third kappa shape index (κ3) is 12.2. The number of carbonyl (C=O) groups excluding carboxylic acids is 2. The Kier molecular flexibility index (Phi) is 12.1. The molecule has 0 radical (unpaired) electrons. The Labute approximate surface area is 277 Å². The molecule has 1 aromatic heterocycles. The van der Waals surface area contributed by atoms with E-state index in [0.717, 1.165) is 25.2 Å². The molecule has 2 atom stereocenters. The zero-order valence-corrected chi connectivity index (χ0v) is 27.5. The number of piperazine rings is 1. The van der Waals surface area contributed by atoms with Crippen LogP contribution in [-0.4, -0.2) is 106 Å². The lowest BCUT2D eigenvalue weighted by atomic mass is 10.0. The number of halogens is 3. The maximum atomic E-state index is 12.9. The number of anilines is 2. The van der Waals surface area contributed by atoms with Gasteiger partial charge in [0.05, 0.1) is 6.04 Å². The molecule has 1 aliphatic carbocycles. The molecule has 4 rings (SSSR count). The smallest absolute Gasteiger partial charge is 0.422 e. The molecule has 2 amide bonds. The molecule has 262 valence electrons. The lowest BCUT2D eigenvalue weighted by Gasteiger charge is -2.36. The first kappa shape index (κ1) is 36.2. The molecular formula is C32H43F3N8O5. The summed E-state index contributed by atoms with van der Waals surface area (Å²) in [5.74, 6) is 0.0509. The number of nitrogens with one attached hydrogen (secondary N) is 3. The molecule has 1 saturated heterocycles. The van der Waals surface area contributed by atoms with Gasteiger partial charge in [0.25, 0.3) is 5.91 Å². The molecule has 0 bridgehead atoms. The van der Waals surface area contributed by atoms with E-state index in [4.69, 9.17) is 9.47 Å². The van der Waals surface area contributed by atoms with Crippen LogP contribution in [-0.2, 0) is 16.1 Å². The van der Waals surface area contributed by atoms with E-state index in [1.54, 1.807) is 35.3 Å². The van der Waals surface area contributed by atoms with E-state index in [1.165, 1.54) is 12.1 Å². The lowest BCUT2D eigenvalue weighted by Crippen LogP contribution is -2.51. The largest absolute Gasteiger partial charge is 0.508 e. The number of nitrogens with zero attached hydrogens (tertiary/aromatic N) is 5. The van der Waals surface area contributed by atoms with Gasteiger partial charge < -0.3 is 35.4 Å². The summed E-state index contributed by atoms with van der Waals surface area (Å²) in [6.07, 6.45) is 0.710.